The number of nitrogens with zero attached hydrogens (tertiary/aromatic N) is 2. The highest BCUT2D eigenvalue weighted by atomic mass is 79.9. The first-order valence-electron chi connectivity index (χ1n) is 6.20. The molecular formula is C14H17BrN2O. The maximum atomic E-state index is 5.70. The van der Waals surface area contributed by atoms with Gasteiger partial charge in [-0.2, -0.15) is 0 Å². The molecule has 0 unspecified atom stereocenters. The molecule has 18 heavy (non-hydrogen) atoms. The zero-order chi connectivity index (χ0) is 13.1. The Labute approximate surface area is 116 Å². The van der Waals surface area contributed by atoms with E-state index < -0.39 is 0 Å². The predicted octanol–water partition coefficient (Wildman–Crippen LogP) is 4.04. The molecule has 3 rings (SSSR count). The van der Waals surface area contributed by atoms with E-state index in [2.05, 4.69) is 37.7 Å². The summed E-state index contributed by atoms with van der Waals surface area (Å²) >= 11 is 3.48. The van der Waals surface area contributed by atoms with Gasteiger partial charge in [-0.25, -0.2) is 4.98 Å². The maximum Gasteiger partial charge on any atom is 0.144 e. The van der Waals surface area contributed by atoms with Gasteiger partial charge in [0.15, 0.2) is 0 Å². The number of aromatic nitrogens is 2. The van der Waals surface area contributed by atoms with Gasteiger partial charge in [0.1, 0.15) is 18.2 Å². The monoisotopic (exact) mass is 308 g/mol. The minimum Gasteiger partial charge on any atom is -0.491 e. The minimum atomic E-state index is 0.692. The molecule has 0 fully saturated rings. The van der Waals surface area contributed by atoms with Crippen molar-refractivity contribution in [3.05, 3.63) is 34.6 Å². The van der Waals surface area contributed by atoms with Gasteiger partial charge in [0.2, 0.25) is 0 Å². The van der Waals surface area contributed by atoms with Gasteiger partial charge in [0.05, 0.1) is 17.8 Å². The molecule has 0 amide bonds. The van der Waals surface area contributed by atoms with E-state index in [4.69, 9.17) is 4.74 Å². The summed E-state index contributed by atoms with van der Waals surface area (Å²) < 4.78 is 8.89. The Morgan fingerprint density at radius 3 is 2.89 bits per heavy atom. The quantitative estimate of drug-likeness (QED) is 0.734. The molecule has 1 aliphatic heterocycles. The summed E-state index contributed by atoms with van der Waals surface area (Å²) in [6, 6.07) is 6.03. The van der Waals surface area contributed by atoms with Crippen LogP contribution in [-0.2, 0) is 6.54 Å². The van der Waals surface area contributed by atoms with Crippen molar-refractivity contribution < 1.29 is 4.74 Å². The highest BCUT2D eigenvalue weighted by molar-refractivity contribution is 9.10. The van der Waals surface area contributed by atoms with Crippen LogP contribution in [0.4, 0.5) is 0 Å². The second-order valence-electron chi connectivity index (χ2n) is 3.89. The normalized spacial score (nSPS) is 12.4. The molecule has 4 heteroatoms. The van der Waals surface area contributed by atoms with Crippen molar-refractivity contribution in [3.63, 3.8) is 0 Å². The molecule has 0 saturated carbocycles. The summed E-state index contributed by atoms with van der Waals surface area (Å²) in [5.41, 5.74) is 2.10. The fraction of sp³-hybridized carbons (Fsp3) is 0.357. The van der Waals surface area contributed by atoms with Gasteiger partial charge in [-0.3, -0.25) is 0 Å². The van der Waals surface area contributed by atoms with Crippen molar-refractivity contribution in [1.29, 1.82) is 0 Å². The lowest BCUT2D eigenvalue weighted by atomic mass is 10.2. The zero-order valence-corrected chi connectivity index (χ0v) is 12.5. The number of ether oxygens (including phenoxy) is 1. The Balaban J connectivity index is 0.000000574. The lowest BCUT2D eigenvalue weighted by Crippen LogP contribution is -2.04. The van der Waals surface area contributed by atoms with E-state index in [0.29, 0.717) is 6.61 Å². The molecule has 3 nitrogen and oxygen atoms in total. The van der Waals surface area contributed by atoms with Gasteiger partial charge < -0.3 is 9.30 Å². The van der Waals surface area contributed by atoms with Gasteiger partial charge in [-0.1, -0.05) is 29.8 Å². The number of halogens is 1. The van der Waals surface area contributed by atoms with Gasteiger partial charge in [-0.05, 0) is 25.1 Å². The SMILES string of the molecule is CC.Cc1cn2c(n1)-c1cc(Br)ccc1OCC2. The molecule has 0 radical (unpaired) electrons. The number of fused-ring (bicyclic) bond motifs is 3. The Morgan fingerprint density at radius 1 is 1.33 bits per heavy atom. The topological polar surface area (TPSA) is 27.1 Å². The molecule has 0 aliphatic carbocycles. The third-order valence-corrected chi connectivity index (χ3v) is 3.16. The van der Waals surface area contributed by atoms with Gasteiger partial charge in [0.25, 0.3) is 0 Å². The van der Waals surface area contributed by atoms with Crippen LogP contribution in [-0.4, -0.2) is 16.2 Å². The van der Waals surface area contributed by atoms with Crippen LogP contribution in [0.5, 0.6) is 5.75 Å². The first-order valence-corrected chi connectivity index (χ1v) is 7.00. The summed E-state index contributed by atoms with van der Waals surface area (Å²) in [6.45, 7) is 7.56. The van der Waals surface area contributed by atoms with E-state index in [9.17, 15) is 0 Å². The third kappa shape index (κ3) is 2.43. The molecular weight excluding hydrogens is 292 g/mol. The summed E-state index contributed by atoms with van der Waals surface area (Å²) in [7, 11) is 0. The summed E-state index contributed by atoms with van der Waals surface area (Å²) in [5.74, 6) is 1.90. The van der Waals surface area contributed by atoms with E-state index in [1.165, 1.54) is 0 Å². The van der Waals surface area contributed by atoms with Crippen LogP contribution < -0.4 is 4.74 Å². The molecule has 1 aliphatic rings. The molecule has 0 spiro atoms. The molecule has 0 N–H and O–H groups in total. The van der Waals surface area contributed by atoms with Crippen molar-refractivity contribution in [3.8, 4) is 17.1 Å². The van der Waals surface area contributed by atoms with E-state index in [1.807, 2.05) is 32.9 Å². The van der Waals surface area contributed by atoms with E-state index in [-0.39, 0.29) is 0 Å². The van der Waals surface area contributed by atoms with Crippen LogP contribution >= 0.6 is 15.9 Å². The van der Waals surface area contributed by atoms with Crippen molar-refractivity contribution in [2.24, 2.45) is 0 Å². The largest absolute Gasteiger partial charge is 0.491 e. The Kier molecular flexibility index (Phi) is 4.07. The van der Waals surface area contributed by atoms with Crippen molar-refractivity contribution in [2.45, 2.75) is 27.3 Å². The number of aryl methyl sites for hydroxylation is 1. The fourth-order valence-corrected chi connectivity index (χ4v) is 2.35. The van der Waals surface area contributed by atoms with Crippen LogP contribution in [0.2, 0.25) is 0 Å². The first kappa shape index (κ1) is 13.1. The molecule has 2 heterocycles. The summed E-state index contributed by atoms with van der Waals surface area (Å²) in [5, 5.41) is 0. The number of hydrogen-bond donors (Lipinski definition) is 0. The lowest BCUT2D eigenvalue weighted by molar-refractivity contribution is 0.306. The van der Waals surface area contributed by atoms with Crippen molar-refractivity contribution >= 4 is 15.9 Å². The molecule has 2 aromatic rings. The van der Waals surface area contributed by atoms with Gasteiger partial charge in [0, 0.05) is 10.7 Å². The Bertz CT molecular complexity index is 549. The Morgan fingerprint density at radius 2 is 2.11 bits per heavy atom. The van der Waals surface area contributed by atoms with Gasteiger partial charge >= 0.3 is 0 Å². The lowest BCUT2D eigenvalue weighted by Gasteiger charge is -2.05. The van der Waals surface area contributed by atoms with E-state index in [1.54, 1.807) is 0 Å². The van der Waals surface area contributed by atoms with Gasteiger partial charge in [-0.15, -0.1) is 0 Å². The second kappa shape index (κ2) is 5.57. The van der Waals surface area contributed by atoms with Crippen LogP contribution in [0.15, 0.2) is 28.9 Å². The van der Waals surface area contributed by atoms with Crippen LogP contribution in [0, 0.1) is 6.92 Å². The third-order valence-electron chi connectivity index (χ3n) is 2.67. The molecule has 0 atom stereocenters. The molecule has 0 saturated heterocycles. The number of rotatable bonds is 0. The summed E-state index contributed by atoms with van der Waals surface area (Å²) in [4.78, 5) is 4.56. The fourth-order valence-electron chi connectivity index (χ4n) is 1.99. The summed E-state index contributed by atoms with van der Waals surface area (Å²) in [6.07, 6.45) is 2.06. The second-order valence-corrected chi connectivity index (χ2v) is 4.80. The minimum absolute atomic E-state index is 0.692. The average Bonchev–Trinajstić information content (AvgIpc) is 2.67. The Hall–Kier alpha value is -1.29. The smallest absolute Gasteiger partial charge is 0.144 e. The van der Waals surface area contributed by atoms with Crippen LogP contribution in [0.25, 0.3) is 11.4 Å². The first-order chi connectivity index (χ1) is 8.74. The highest BCUT2D eigenvalue weighted by Gasteiger charge is 2.17. The standard InChI is InChI=1S/C12H11BrN2O.C2H6/c1-8-7-15-4-5-16-11-3-2-9(13)6-10(11)12(15)14-8;1-2/h2-3,6-7H,4-5H2,1H3;1-2H3. The molecule has 0 bridgehead atoms. The number of imidazole rings is 1. The highest BCUT2D eigenvalue weighted by Crippen LogP contribution is 2.33. The van der Waals surface area contributed by atoms with E-state index in [0.717, 1.165) is 33.8 Å². The number of benzene rings is 1. The zero-order valence-electron chi connectivity index (χ0n) is 10.9. The maximum absolute atomic E-state index is 5.70. The van der Waals surface area contributed by atoms with Crippen LogP contribution in [0.3, 0.4) is 0 Å². The van der Waals surface area contributed by atoms with Crippen LogP contribution in [0.1, 0.15) is 19.5 Å². The number of hydrogen-bond acceptors (Lipinski definition) is 2. The molecule has 96 valence electrons. The predicted molar refractivity (Wildman–Crippen MR) is 76.9 cm³/mol. The van der Waals surface area contributed by atoms with E-state index >= 15 is 0 Å². The average molecular weight is 309 g/mol. The van der Waals surface area contributed by atoms with Crippen molar-refractivity contribution in [2.75, 3.05) is 6.61 Å². The molecule has 1 aromatic carbocycles. The molecule has 1 aromatic heterocycles. The van der Waals surface area contributed by atoms with Crippen molar-refractivity contribution in [1.82, 2.24) is 9.55 Å².